The molecule has 0 aromatic heterocycles. The van der Waals surface area contributed by atoms with Crippen LogP contribution in [-0.2, 0) is 0 Å². The molecule has 0 heterocycles. The number of nitrogens with one attached hydrogen (secondary N) is 2. The van der Waals surface area contributed by atoms with Crippen molar-refractivity contribution in [3.8, 4) is 0 Å². The van der Waals surface area contributed by atoms with E-state index >= 15 is 0 Å². The minimum absolute atomic E-state index is 0.560. The Labute approximate surface area is 189 Å². The predicted octanol–water partition coefficient (Wildman–Crippen LogP) is 6.60. The van der Waals surface area contributed by atoms with Gasteiger partial charge in [0, 0.05) is 13.1 Å². The molecule has 2 nitrogen and oxygen atoms in total. The second kappa shape index (κ2) is 15.0. The Bertz CT molecular complexity index is 648. The van der Waals surface area contributed by atoms with Gasteiger partial charge in [0.2, 0.25) is 0 Å². The number of rotatable bonds is 15. The zero-order valence-electron chi connectivity index (χ0n) is 20.5. The molecule has 0 aliphatic heterocycles. The van der Waals surface area contributed by atoms with E-state index in [0.29, 0.717) is 5.66 Å². The van der Waals surface area contributed by atoms with Crippen LogP contribution in [0.3, 0.4) is 0 Å². The average Bonchev–Trinajstić information content (AvgIpc) is 3.11. The highest BCUT2D eigenvalue weighted by atomic mass is 31.0. The molecule has 3 heteroatoms. The first-order chi connectivity index (χ1) is 14.5. The summed E-state index contributed by atoms with van der Waals surface area (Å²) in [5.74, 6) is 1.58. The quantitative estimate of drug-likeness (QED) is 0.226. The van der Waals surface area contributed by atoms with Gasteiger partial charge in [-0.3, -0.25) is 0 Å². The van der Waals surface area contributed by atoms with Crippen LogP contribution in [0, 0.1) is 11.8 Å². The molecule has 0 amide bonds. The minimum Gasteiger partial charge on any atom is -0.316 e. The van der Waals surface area contributed by atoms with E-state index in [9.17, 15) is 0 Å². The Balaban J connectivity index is 3.13. The maximum atomic E-state index is 4.00. The first-order valence-corrected chi connectivity index (χ1v) is 12.6. The van der Waals surface area contributed by atoms with Gasteiger partial charge in [-0.2, -0.15) is 0 Å². The summed E-state index contributed by atoms with van der Waals surface area (Å²) in [6.07, 6.45) is 16.5. The van der Waals surface area contributed by atoms with Crippen molar-refractivity contribution in [1.29, 1.82) is 0 Å². The van der Waals surface area contributed by atoms with Gasteiger partial charge in [0.15, 0.2) is 0 Å². The smallest absolute Gasteiger partial charge is 0.0205 e. The highest BCUT2D eigenvalue weighted by molar-refractivity contribution is 7.18. The third-order valence-electron chi connectivity index (χ3n) is 6.42. The molecule has 1 aliphatic carbocycles. The van der Waals surface area contributed by atoms with Crippen LogP contribution in [-0.4, -0.2) is 32.8 Å². The highest BCUT2D eigenvalue weighted by Crippen LogP contribution is 2.42. The molecule has 30 heavy (non-hydrogen) atoms. The van der Waals surface area contributed by atoms with Gasteiger partial charge in [-0.25, -0.2) is 0 Å². The van der Waals surface area contributed by atoms with Crippen LogP contribution in [0.15, 0.2) is 58.7 Å². The molecule has 0 radical (unpaired) electrons. The highest BCUT2D eigenvalue weighted by Gasteiger charge is 2.30. The van der Waals surface area contributed by atoms with E-state index in [4.69, 9.17) is 0 Å². The van der Waals surface area contributed by atoms with Crippen LogP contribution in [0.25, 0.3) is 0 Å². The average molecular weight is 431 g/mol. The Hall–Kier alpha value is -0.950. The zero-order valence-corrected chi connectivity index (χ0v) is 21.6. The lowest BCUT2D eigenvalue weighted by Crippen LogP contribution is -2.25. The van der Waals surface area contributed by atoms with Crippen LogP contribution in [0.5, 0.6) is 0 Å². The van der Waals surface area contributed by atoms with Crippen LogP contribution >= 0.6 is 9.24 Å². The third-order valence-corrected chi connectivity index (χ3v) is 7.34. The van der Waals surface area contributed by atoms with Crippen molar-refractivity contribution in [1.82, 2.24) is 10.6 Å². The van der Waals surface area contributed by atoms with Gasteiger partial charge >= 0.3 is 0 Å². The number of allylic oxidation sites excluding steroid dienone is 6. The summed E-state index contributed by atoms with van der Waals surface area (Å²) < 4.78 is 0. The lowest BCUT2D eigenvalue weighted by molar-refractivity contribution is 0.284. The van der Waals surface area contributed by atoms with Crippen molar-refractivity contribution in [2.24, 2.45) is 11.8 Å². The van der Waals surface area contributed by atoms with E-state index in [1.54, 1.807) is 5.57 Å². The van der Waals surface area contributed by atoms with Crippen molar-refractivity contribution < 1.29 is 0 Å². The molecule has 1 aliphatic rings. The van der Waals surface area contributed by atoms with Gasteiger partial charge in [-0.15, -0.1) is 9.24 Å². The van der Waals surface area contributed by atoms with Gasteiger partial charge < -0.3 is 10.6 Å². The SMILES string of the molecule is C=C/C=C(C1=C(C)C=C(C(P)C(CC)C(CCC)CCC)C1)\C(=C/CNC)CNC. The summed E-state index contributed by atoms with van der Waals surface area (Å²) in [5, 5.41) is 6.59. The third kappa shape index (κ3) is 7.63. The lowest BCUT2D eigenvalue weighted by atomic mass is 9.78. The second-order valence-corrected chi connectivity index (χ2v) is 9.34. The topological polar surface area (TPSA) is 24.1 Å². The minimum atomic E-state index is 0.560. The first-order valence-electron chi connectivity index (χ1n) is 12.0. The van der Waals surface area contributed by atoms with Crippen LogP contribution in [0.2, 0.25) is 0 Å². The summed E-state index contributed by atoms with van der Waals surface area (Å²) in [6.45, 7) is 15.1. The van der Waals surface area contributed by atoms with Crippen LogP contribution < -0.4 is 10.6 Å². The zero-order chi connectivity index (χ0) is 22.5. The van der Waals surface area contributed by atoms with E-state index in [1.165, 1.54) is 54.4 Å². The Morgan fingerprint density at radius 1 is 1.17 bits per heavy atom. The molecule has 3 unspecified atom stereocenters. The molecule has 0 aromatic rings. The van der Waals surface area contributed by atoms with Crippen LogP contribution in [0.1, 0.15) is 66.2 Å². The molecule has 0 saturated carbocycles. The second-order valence-electron chi connectivity index (χ2n) is 8.63. The summed E-state index contributed by atoms with van der Waals surface area (Å²) >= 11 is 0. The molecule has 0 bridgehead atoms. The Morgan fingerprint density at radius 3 is 2.33 bits per heavy atom. The molecule has 1 rings (SSSR count). The maximum absolute atomic E-state index is 4.00. The summed E-state index contributed by atoms with van der Waals surface area (Å²) in [5.41, 5.74) is 7.70. The summed E-state index contributed by atoms with van der Waals surface area (Å²) in [6, 6.07) is 0. The largest absolute Gasteiger partial charge is 0.316 e. The fraction of sp³-hybridized carbons (Fsp3) is 0.630. The first kappa shape index (κ1) is 27.1. The molecule has 2 N–H and O–H groups in total. The van der Waals surface area contributed by atoms with Gasteiger partial charge in [-0.1, -0.05) is 89.3 Å². The lowest BCUT2D eigenvalue weighted by Gasteiger charge is -2.32. The van der Waals surface area contributed by atoms with Crippen molar-refractivity contribution >= 4 is 9.24 Å². The molecule has 0 spiro atoms. The standard InChI is InChI=1S/C27H47N2P/c1-8-12-21(13-9-2)24(11-4)27(30)23-17-20(5)26(18-23)25(14-10-3)22(19-29-7)15-16-28-6/h10,14-15,17,21,24,27-29H,3,8-9,11-13,16,18-19,30H2,1-2,4-7H3/b22-15-,25-14+. The van der Waals surface area contributed by atoms with Crippen molar-refractivity contribution in [3.05, 3.63) is 58.7 Å². The monoisotopic (exact) mass is 430 g/mol. The van der Waals surface area contributed by atoms with E-state index in [2.05, 4.69) is 72.4 Å². The number of hydrogen-bond donors (Lipinski definition) is 2. The van der Waals surface area contributed by atoms with Crippen molar-refractivity contribution in [2.45, 2.75) is 71.9 Å². The molecule has 170 valence electrons. The molecule has 0 fully saturated rings. The fourth-order valence-corrected chi connectivity index (χ4v) is 5.76. The fourth-order valence-electron chi connectivity index (χ4n) is 4.96. The van der Waals surface area contributed by atoms with Gasteiger partial charge in [0.1, 0.15) is 0 Å². The maximum Gasteiger partial charge on any atom is 0.0205 e. The van der Waals surface area contributed by atoms with E-state index in [1.807, 2.05) is 20.2 Å². The van der Waals surface area contributed by atoms with Gasteiger partial charge in [-0.05, 0) is 67.2 Å². The van der Waals surface area contributed by atoms with E-state index in [-0.39, 0.29) is 0 Å². The van der Waals surface area contributed by atoms with E-state index < -0.39 is 0 Å². The van der Waals surface area contributed by atoms with Crippen molar-refractivity contribution in [2.75, 3.05) is 27.2 Å². The summed E-state index contributed by atoms with van der Waals surface area (Å²) in [4.78, 5) is 0. The summed E-state index contributed by atoms with van der Waals surface area (Å²) in [7, 11) is 7.24. The molecular weight excluding hydrogens is 383 g/mol. The number of likely N-dealkylation sites (N-methyl/N-ethyl adjacent to an activating group) is 2. The van der Waals surface area contributed by atoms with Crippen LogP contribution in [0.4, 0.5) is 0 Å². The molecular formula is C27H47N2P. The Morgan fingerprint density at radius 2 is 1.83 bits per heavy atom. The van der Waals surface area contributed by atoms with Gasteiger partial charge in [0.05, 0.1) is 0 Å². The predicted molar refractivity (Wildman–Crippen MR) is 140 cm³/mol. The Kier molecular flexibility index (Phi) is 13.5. The number of hydrogen-bond acceptors (Lipinski definition) is 2. The van der Waals surface area contributed by atoms with Gasteiger partial charge in [0.25, 0.3) is 0 Å². The molecule has 3 atom stereocenters. The van der Waals surface area contributed by atoms with Crippen molar-refractivity contribution in [3.63, 3.8) is 0 Å². The van der Waals surface area contributed by atoms with E-state index in [0.717, 1.165) is 31.3 Å². The molecule has 0 saturated heterocycles. The normalized spacial score (nSPS) is 17.5. The molecule has 0 aromatic carbocycles.